The summed E-state index contributed by atoms with van der Waals surface area (Å²) in [4.78, 5) is 56.2. The zero-order valence-corrected chi connectivity index (χ0v) is 18.1. The van der Waals surface area contributed by atoms with E-state index >= 15 is 0 Å². The second-order valence-corrected chi connectivity index (χ2v) is 8.58. The van der Waals surface area contributed by atoms with E-state index in [0.717, 1.165) is 4.90 Å². The number of benzene rings is 3. The number of nitrogens with zero attached hydrogens (tertiary/aromatic N) is 1. The number of Topliss-reactive ketones (excluding diaryl/α,β-unsaturated/α-hetero) is 2. The van der Waals surface area contributed by atoms with E-state index in [0.29, 0.717) is 11.3 Å². The van der Waals surface area contributed by atoms with E-state index in [1.807, 2.05) is 6.07 Å². The zero-order chi connectivity index (χ0) is 23.6. The van der Waals surface area contributed by atoms with Crippen molar-refractivity contribution >= 4 is 29.1 Å². The van der Waals surface area contributed by atoms with Crippen LogP contribution >= 0.6 is 0 Å². The van der Waals surface area contributed by atoms with Gasteiger partial charge in [0.2, 0.25) is 29.0 Å². The van der Waals surface area contributed by atoms with Crippen molar-refractivity contribution in [2.45, 2.75) is 11.7 Å². The maximum Gasteiger partial charge on any atom is 0.241 e. The molecule has 7 heteroatoms. The minimum atomic E-state index is -2.08. The molecule has 3 aromatic rings. The van der Waals surface area contributed by atoms with E-state index < -0.39 is 46.9 Å². The Bertz CT molecular complexity index is 1350. The number of carbonyl (C=O) groups excluding carboxylic acids is 4. The molecule has 6 rings (SSSR count). The first kappa shape index (κ1) is 20.5. The van der Waals surface area contributed by atoms with Crippen molar-refractivity contribution in [3.63, 3.8) is 0 Å². The van der Waals surface area contributed by atoms with E-state index in [1.54, 1.807) is 72.8 Å². The third kappa shape index (κ3) is 2.44. The maximum absolute atomic E-state index is 13.9. The SMILES string of the molecule is COc1ccccc1N1C(=O)C2C(c3ccccc3)OC3(C(=O)c4ccccc4C3=O)C2C1=O. The highest BCUT2D eigenvalue weighted by Gasteiger charge is 2.74. The van der Waals surface area contributed by atoms with Gasteiger partial charge in [0, 0.05) is 11.1 Å². The van der Waals surface area contributed by atoms with Crippen LogP contribution in [0.25, 0.3) is 0 Å². The highest BCUT2D eigenvalue weighted by Crippen LogP contribution is 2.58. The molecule has 7 nitrogen and oxygen atoms in total. The number of amides is 2. The molecular weight excluding hydrogens is 434 g/mol. The van der Waals surface area contributed by atoms with Crippen LogP contribution in [0.1, 0.15) is 32.4 Å². The van der Waals surface area contributed by atoms with Gasteiger partial charge in [0.05, 0.1) is 30.7 Å². The number of imide groups is 1. The van der Waals surface area contributed by atoms with Gasteiger partial charge < -0.3 is 9.47 Å². The number of para-hydroxylation sites is 2. The summed E-state index contributed by atoms with van der Waals surface area (Å²) in [6, 6.07) is 22.0. The van der Waals surface area contributed by atoms with Crippen LogP contribution in [0, 0.1) is 11.8 Å². The van der Waals surface area contributed by atoms with Gasteiger partial charge in [-0.2, -0.15) is 0 Å². The molecule has 34 heavy (non-hydrogen) atoms. The summed E-state index contributed by atoms with van der Waals surface area (Å²) in [5, 5.41) is 0. The van der Waals surface area contributed by atoms with Crippen LogP contribution < -0.4 is 9.64 Å². The molecule has 0 aromatic heterocycles. The van der Waals surface area contributed by atoms with Gasteiger partial charge in [-0.25, -0.2) is 4.90 Å². The number of rotatable bonds is 3. The molecule has 1 spiro atoms. The van der Waals surface area contributed by atoms with E-state index in [2.05, 4.69) is 0 Å². The summed E-state index contributed by atoms with van der Waals surface area (Å²) in [6.07, 6.45) is -0.940. The molecule has 2 fully saturated rings. The number of hydrogen-bond acceptors (Lipinski definition) is 6. The minimum absolute atomic E-state index is 0.205. The summed E-state index contributed by atoms with van der Waals surface area (Å²) in [5.41, 5.74) is -0.786. The molecule has 0 radical (unpaired) electrons. The van der Waals surface area contributed by atoms with Crippen molar-refractivity contribution in [1.82, 2.24) is 0 Å². The number of fused-ring (bicyclic) bond motifs is 3. The lowest BCUT2D eigenvalue weighted by atomic mass is 9.77. The number of ketones is 2. The Labute approximate surface area is 194 Å². The molecule has 1 aliphatic carbocycles. The molecular formula is C27H19NO6. The fourth-order valence-electron chi connectivity index (χ4n) is 5.51. The molecule has 0 bridgehead atoms. The zero-order valence-electron chi connectivity index (χ0n) is 18.1. The van der Waals surface area contributed by atoms with Gasteiger partial charge in [-0.3, -0.25) is 19.2 Å². The van der Waals surface area contributed by atoms with Gasteiger partial charge in [0.25, 0.3) is 0 Å². The average molecular weight is 453 g/mol. The summed E-state index contributed by atoms with van der Waals surface area (Å²) in [7, 11) is 1.45. The van der Waals surface area contributed by atoms with E-state index in [1.165, 1.54) is 7.11 Å². The highest BCUT2D eigenvalue weighted by molar-refractivity contribution is 6.37. The number of hydrogen-bond donors (Lipinski definition) is 0. The predicted octanol–water partition coefficient (Wildman–Crippen LogP) is 3.39. The number of anilines is 1. The molecule has 168 valence electrons. The predicted molar refractivity (Wildman–Crippen MR) is 121 cm³/mol. The van der Waals surface area contributed by atoms with Crippen molar-refractivity contribution in [1.29, 1.82) is 0 Å². The molecule has 3 aromatic carbocycles. The Morgan fingerprint density at radius 2 is 1.35 bits per heavy atom. The van der Waals surface area contributed by atoms with E-state index in [9.17, 15) is 19.2 Å². The molecule has 2 heterocycles. The van der Waals surface area contributed by atoms with Gasteiger partial charge in [-0.15, -0.1) is 0 Å². The van der Waals surface area contributed by atoms with Crippen LogP contribution in [0.2, 0.25) is 0 Å². The van der Waals surface area contributed by atoms with Crippen molar-refractivity contribution in [2.75, 3.05) is 12.0 Å². The van der Waals surface area contributed by atoms with E-state index in [-0.39, 0.29) is 16.8 Å². The van der Waals surface area contributed by atoms with Crippen LogP contribution in [-0.2, 0) is 14.3 Å². The maximum atomic E-state index is 13.9. The summed E-state index contributed by atoms with van der Waals surface area (Å²) >= 11 is 0. The Balaban J connectivity index is 1.56. The lowest BCUT2D eigenvalue weighted by molar-refractivity contribution is -0.127. The van der Waals surface area contributed by atoms with Crippen LogP contribution in [0.15, 0.2) is 78.9 Å². The molecule has 2 amide bonds. The average Bonchev–Trinajstić information content (AvgIpc) is 3.44. The van der Waals surface area contributed by atoms with Crippen molar-refractivity contribution in [2.24, 2.45) is 11.8 Å². The standard InChI is InChI=1S/C27H19NO6/c1-33-19-14-8-7-13-18(19)28-25(31)20-21(26(28)32)27(34-22(20)15-9-3-2-4-10-15)23(29)16-11-5-6-12-17(16)24(27)30/h2-14,20-22H,1H3. The second kappa shape index (κ2) is 7.20. The first-order chi connectivity index (χ1) is 16.5. The molecule has 2 saturated heterocycles. The van der Waals surface area contributed by atoms with Crippen molar-refractivity contribution < 1.29 is 28.7 Å². The quantitative estimate of drug-likeness (QED) is 0.446. The lowest BCUT2D eigenvalue weighted by Gasteiger charge is -2.27. The van der Waals surface area contributed by atoms with Crippen LogP contribution in [-0.4, -0.2) is 36.1 Å². The summed E-state index contributed by atoms with van der Waals surface area (Å²) in [6.45, 7) is 0. The molecule has 0 saturated carbocycles. The molecule has 3 aliphatic rings. The van der Waals surface area contributed by atoms with Gasteiger partial charge in [0.1, 0.15) is 5.75 Å². The van der Waals surface area contributed by atoms with Gasteiger partial charge in [-0.05, 0) is 17.7 Å². The summed E-state index contributed by atoms with van der Waals surface area (Å²) in [5.74, 6) is -4.32. The first-order valence-corrected chi connectivity index (χ1v) is 10.9. The minimum Gasteiger partial charge on any atom is -0.495 e. The van der Waals surface area contributed by atoms with Gasteiger partial charge in [-0.1, -0.05) is 66.7 Å². The monoisotopic (exact) mass is 453 g/mol. The van der Waals surface area contributed by atoms with E-state index in [4.69, 9.17) is 9.47 Å². The first-order valence-electron chi connectivity index (χ1n) is 10.9. The van der Waals surface area contributed by atoms with Crippen molar-refractivity contribution in [3.8, 4) is 5.75 Å². The second-order valence-electron chi connectivity index (χ2n) is 8.58. The lowest BCUT2D eigenvalue weighted by Crippen LogP contribution is -2.51. The van der Waals surface area contributed by atoms with Crippen molar-refractivity contribution in [3.05, 3.63) is 95.6 Å². The number of methoxy groups -OCH3 is 1. The van der Waals surface area contributed by atoms with Crippen LogP contribution in [0.4, 0.5) is 5.69 Å². The molecule has 3 atom stereocenters. The number of carbonyl (C=O) groups is 4. The Kier molecular flexibility index (Phi) is 4.34. The van der Waals surface area contributed by atoms with Crippen LogP contribution in [0.5, 0.6) is 5.75 Å². The van der Waals surface area contributed by atoms with Crippen LogP contribution in [0.3, 0.4) is 0 Å². The Hall–Kier alpha value is -4.10. The fraction of sp³-hybridized carbons (Fsp3) is 0.185. The van der Waals surface area contributed by atoms with Gasteiger partial charge in [0.15, 0.2) is 0 Å². The summed E-state index contributed by atoms with van der Waals surface area (Å²) < 4.78 is 11.6. The van der Waals surface area contributed by atoms with Gasteiger partial charge >= 0.3 is 0 Å². The Morgan fingerprint density at radius 1 is 0.765 bits per heavy atom. The number of ether oxygens (including phenoxy) is 2. The smallest absolute Gasteiger partial charge is 0.241 e. The normalized spacial score (nSPS) is 24.6. The highest BCUT2D eigenvalue weighted by atomic mass is 16.5. The third-order valence-corrected chi connectivity index (χ3v) is 6.97. The molecule has 3 unspecified atom stereocenters. The fourth-order valence-corrected chi connectivity index (χ4v) is 5.51. The molecule has 2 aliphatic heterocycles. The Morgan fingerprint density at radius 3 is 2.00 bits per heavy atom. The topological polar surface area (TPSA) is 90.0 Å². The largest absolute Gasteiger partial charge is 0.495 e. The molecule has 0 N–H and O–H groups in total. The third-order valence-electron chi connectivity index (χ3n) is 6.97.